The lowest BCUT2D eigenvalue weighted by atomic mass is 9.65. The quantitative estimate of drug-likeness (QED) is 0.849. The summed E-state index contributed by atoms with van der Waals surface area (Å²) in [5.74, 6) is 0.826. The Kier molecular flexibility index (Phi) is 3.43. The zero-order chi connectivity index (χ0) is 12.4. The van der Waals surface area contributed by atoms with Crippen molar-refractivity contribution in [2.75, 3.05) is 6.54 Å². The van der Waals surface area contributed by atoms with Gasteiger partial charge in [-0.2, -0.15) is 0 Å². The Balaban J connectivity index is 1.98. The molecule has 0 aromatic heterocycles. The Morgan fingerprint density at radius 3 is 2.33 bits per heavy atom. The summed E-state index contributed by atoms with van der Waals surface area (Å²) in [6.45, 7) is 0.830. The van der Waals surface area contributed by atoms with Crippen molar-refractivity contribution in [3.63, 3.8) is 0 Å². The maximum absolute atomic E-state index is 6.20. The van der Waals surface area contributed by atoms with Crippen LogP contribution in [0.15, 0.2) is 24.3 Å². The number of hydrogen-bond donors (Lipinski definition) is 1. The van der Waals surface area contributed by atoms with Gasteiger partial charge in [0.15, 0.2) is 0 Å². The first-order valence-electron chi connectivity index (χ1n) is 7.65. The van der Waals surface area contributed by atoms with E-state index in [1.54, 1.807) is 11.1 Å². The van der Waals surface area contributed by atoms with Crippen LogP contribution in [0, 0.1) is 0 Å². The van der Waals surface area contributed by atoms with Gasteiger partial charge in [0.25, 0.3) is 0 Å². The summed E-state index contributed by atoms with van der Waals surface area (Å²) < 4.78 is 0. The lowest BCUT2D eigenvalue weighted by Gasteiger charge is -2.40. The fourth-order valence-electron chi connectivity index (χ4n) is 3.87. The molecule has 3 rings (SSSR count). The molecular formula is C17H25N. The van der Waals surface area contributed by atoms with Gasteiger partial charge < -0.3 is 5.73 Å². The van der Waals surface area contributed by atoms with E-state index in [2.05, 4.69) is 24.3 Å². The molecule has 0 amide bonds. The maximum Gasteiger partial charge on any atom is 0.00783 e. The molecular weight excluding hydrogens is 218 g/mol. The zero-order valence-electron chi connectivity index (χ0n) is 11.3. The molecule has 18 heavy (non-hydrogen) atoms. The molecule has 0 bridgehead atoms. The van der Waals surface area contributed by atoms with Gasteiger partial charge in [-0.25, -0.2) is 0 Å². The minimum absolute atomic E-state index is 0.296. The molecule has 0 atom stereocenters. The first-order chi connectivity index (χ1) is 8.86. The van der Waals surface area contributed by atoms with E-state index in [9.17, 15) is 0 Å². The van der Waals surface area contributed by atoms with E-state index in [-0.39, 0.29) is 0 Å². The topological polar surface area (TPSA) is 26.0 Å². The van der Waals surface area contributed by atoms with E-state index >= 15 is 0 Å². The van der Waals surface area contributed by atoms with Gasteiger partial charge in [0, 0.05) is 12.0 Å². The normalized spacial score (nSPS) is 23.6. The van der Waals surface area contributed by atoms with Crippen LogP contribution in [0.2, 0.25) is 0 Å². The molecule has 1 aromatic rings. The highest BCUT2D eigenvalue weighted by molar-refractivity contribution is 5.38. The van der Waals surface area contributed by atoms with Crippen LogP contribution in [-0.2, 0) is 5.41 Å². The summed E-state index contributed by atoms with van der Waals surface area (Å²) in [6.07, 6.45) is 10.9. The fourth-order valence-corrected chi connectivity index (χ4v) is 3.87. The summed E-state index contributed by atoms with van der Waals surface area (Å²) in [7, 11) is 0. The van der Waals surface area contributed by atoms with Crippen molar-refractivity contribution in [3.05, 3.63) is 35.4 Å². The van der Waals surface area contributed by atoms with E-state index in [0.29, 0.717) is 5.41 Å². The lowest BCUT2D eigenvalue weighted by Crippen LogP contribution is -2.38. The Morgan fingerprint density at radius 1 is 1.00 bits per heavy atom. The van der Waals surface area contributed by atoms with Crippen molar-refractivity contribution in [2.45, 2.75) is 62.7 Å². The molecule has 2 aliphatic carbocycles. The summed E-state index contributed by atoms with van der Waals surface area (Å²) in [5.41, 5.74) is 9.71. The standard InChI is InChI=1S/C17H25N/c18-13-17(11-4-1-5-12-17)16-10-3-2-9-15(16)14-7-6-8-14/h2-3,9-10,14H,1,4-8,11-13,18H2. The highest BCUT2D eigenvalue weighted by Gasteiger charge is 2.36. The summed E-state index contributed by atoms with van der Waals surface area (Å²) >= 11 is 0. The van der Waals surface area contributed by atoms with Crippen molar-refractivity contribution in [2.24, 2.45) is 5.73 Å². The highest BCUT2D eigenvalue weighted by atomic mass is 14.6. The second-order valence-electron chi connectivity index (χ2n) is 6.26. The van der Waals surface area contributed by atoms with Crippen LogP contribution >= 0.6 is 0 Å². The molecule has 0 heterocycles. The molecule has 98 valence electrons. The van der Waals surface area contributed by atoms with Crippen LogP contribution in [0.1, 0.15) is 68.4 Å². The van der Waals surface area contributed by atoms with E-state index in [4.69, 9.17) is 5.73 Å². The summed E-state index contributed by atoms with van der Waals surface area (Å²) in [5, 5.41) is 0. The Morgan fingerprint density at radius 2 is 1.72 bits per heavy atom. The minimum atomic E-state index is 0.296. The molecule has 2 fully saturated rings. The largest absolute Gasteiger partial charge is 0.330 e. The molecule has 1 heteroatoms. The first-order valence-corrected chi connectivity index (χ1v) is 7.65. The van der Waals surface area contributed by atoms with Crippen LogP contribution in [0.5, 0.6) is 0 Å². The summed E-state index contributed by atoms with van der Waals surface area (Å²) in [4.78, 5) is 0. The highest BCUT2D eigenvalue weighted by Crippen LogP contribution is 2.45. The summed E-state index contributed by atoms with van der Waals surface area (Å²) in [6, 6.07) is 9.16. The van der Waals surface area contributed by atoms with Gasteiger partial charge in [-0.15, -0.1) is 0 Å². The number of hydrogen-bond acceptors (Lipinski definition) is 1. The molecule has 2 N–H and O–H groups in total. The SMILES string of the molecule is NCC1(c2ccccc2C2CCC2)CCCCC1. The molecule has 0 spiro atoms. The molecule has 0 unspecified atom stereocenters. The molecule has 0 aliphatic heterocycles. The van der Waals surface area contributed by atoms with Gasteiger partial charge in [0.2, 0.25) is 0 Å². The average Bonchev–Trinajstić information content (AvgIpc) is 2.38. The van der Waals surface area contributed by atoms with Crippen LogP contribution in [0.25, 0.3) is 0 Å². The Hall–Kier alpha value is -0.820. The van der Waals surface area contributed by atoms with Crippen LogP contribution in [0.3, 0.4) is 0 Å². The number of benzene rings is 1. The van der Waals surface area contributed by atoms with Gasteiger partial charge in [0.05, 0.1) is 0 Å². The second-order valence-corrected chi connectivity index (χ2v) is 6.26. The molecule has 0 saturated heterocycles. The zero-order valence-corrected chi connectivity index (χ0v) is 11.3. The van der Waals surface area contributed by atoms with E-state index in [0.717, 1.165) is 12.5 Å². The Bertz CT molecular complexity index is 400. The fraction of sp³-hybridized carbons (Fsp3) is 0.647. The van der Waals surface area contributed by atoms with Crippen molar-refractivity contribution >= 4 is 0 Å². The van der Waals surface area contributed by atoms with Gasteiger partial charge >= 0.3 is 0 Å². The van der Waals surface area contributed by atoms with Crippen LogP contribution in [0.4, 0.5) is 0 Å². The van der Waals surface area contributed by atoms with Gasteiger partial charge in [-0.05, 0) is 42.7 Å². The third-order valence-electron chi connectivity index (χ3n) is 5.28. The predicted molar refractivity (Wildman–Crippen MR) is 76.9 cm³/mol. The van der Waals surface area contributed by atoms with Crippen LogP contribution < -0.4 is 5.73 Å². The maximum atomic E-state index is 6.20. The third-order valence-corrected chi connectivity index (χ3v) is 5.28. The van der Waals surface area contributed by atoms with Crippen molar-refractivity contribution in [1.29, 1.82) is 0 Å². The predicted octanol–water partition coefficient (Wildman–Crippen LogP) is 4.11. The molecule has 2 aliphatic rings. The van der Waals surface area contributed by atoms with Crippen molar-refractivity contribution in [1.82, 2.24) is 0 Å². The molecule has 1 nitrogen and oxygen atoms in total. The van der Waals surface area contributed by atoms with Crippen molar-refractivity contribution < 1.29 is 0 Å². The first kappa shape index (κ1) is 12.2. The monoisotopic (exact) mass is 243 g/mol. The van der Waals surface area contributed by atoms with Gasteiger partial charge in [-0.3, -0.25) is 0 Å². The van der Waals surface area contributed by atoms with Crippen LogP contribution in [-0.4, -0.2) is 6.54 Å². The van der Waals surface area contributed by atoms with Gasteiger partial charge in [0.1, 0.15) is 0 Å². The smallest absolute Gasteiger partial charge is 0.00783 e. The second kappa shape index (κ2) is 5.05. The van der Waals surface area contributed by atoms with Crippen molar-refractivity contribution in [3.8, 4) is 0 Å². The minimum Gasteiger partial charge on any atom is -0.330 e. The molecule has 1 aromatic carbocycles. The van der Waals surface area contributed by atoms with Gasteiger partial charge in [-0.1, -0.05) is 49.9 Å². The van der Waals surface area contributed by atoms with E-state index in [1.165, 1.54) is 51.4 Å². The lowest BCUT2D eigenvalue weighted by molar-refractivity contribution is 0.293. The number of rotatable bonds is 3. The van der Waals surface area contributed by atoms with E-state index < -0.39 is 0 Å². The third kappa shape index (κ3) is 1.99. The molecule has 2 saturated carbocycles. The van der Waals surface area contributed by atoms with E-state index in [1.807, 2.05) is 0 Å². The molecule has 0 radical (unpaired) electrons. The number of nitrogens with two attached hydrogens (primary N) is 1. The Labute approximate surface area is 111 Å². The average molecular weight is 243 g/mol.